The van der Waals surface area contributed by atoms with Crippen molar-refractivity contribution in [3.8, 4) is 0 Å². The summed E-state index contributed by atoms with van der Waals surface area (Å²) in [6.07, 6.45) is 1.87. The molecule has 0 aromatic heterocycles. The van der Waals surface area contributed by atoms with E-state index in [0.29, 0.717) is 18.7 Å². The molecule has 0 radical (unpaired) electrons. The molecule has 4 N–H and O–H groups in total. The average Bonchev–Trinajstić information content (AvgIpc) is 0.830. The molecule has 1 aliphatic heterocycles. The first-order valence-corrected chi connectivity index (χ1v) is 34.2. The Morgan fingerprint density at radius 3 is 1.48 bits per heavy atom. The van der Waals surface area contributed by atoms with Crippen molar-refractivity contribution in [1.82, 2.24) is 49.8 Å². The Bertz CT molecular complexity index is 2520. The van der Waals surface area contributed by atoms with Crippen molar-refractivity contribution < 1.29 is 63.0 Å². The average molecular weight is 1320 g/mol. The van der Waals surface area contributed by atoms with Crippen LogP contribution in [0.25, 0.3) is 0 Å². The van der Waals surface area contributed by atoms with Gasteiger partial charge in [-0.05, 0) is 109 Å². The fourth-order valence-electron chi connectivity index (χ4n) is 11.7. The van der Waals surface area contributed by atoms with Crippen LogP contribution in [-0.4, -0.2) is 255 Å². The number of aliphatic hydroxyl groups is 2. The van der Waals surface area contributed by atoms with Crippen molar-refractivity contribution >= 4 is 76.5 Å². The molecule has 13 atom stereocenters. The fourth-order valence-corrected chi connectivity index (χ4v) is 13.1. The number of hydrogen-bond acceptors (Lipinski definition) is 15. The van der Waals surface area contributed by atoms with E-state index in [2.05, 4.69) is 10.6 Å². The summed E-state index contributed by atoms with van der Waals surface area (Å²) < 4.78 is 0. The van der Waals surface area contributed by atoms with Gasteiger partial charge in [0.15, 0.2) is 16.9 Å². The van der Waals surface area contributed by atoms with Gasteiger partial charge in [-0.1, -0.05) is 102 Å². The molecule has 0 aromatic carbocycles. The molecular formula is C68H122N10O13S. The Morgan fingerprint density at radius 1 is 0.565 bits per heavy atom. The van der Waals surface area contributed by atoms with Crippen LogP contribution in [0.4, 0.5) is 0 Å². The number of nitrogens with one attached hydrogen (secondary N) is 2. The Balaban J connectivity index is 4.55. The van der Waals surface area contributed by atoms with Gasteiger partial charge in [-0.2, -0.15) is 0 Å². The monoisotopic (exact) mass is 1320 g/mol. The van der Waals surface area contributed by atoms with Gasteiger partial charge in [-0.3, -0.25) is 52.7 Å². The second kappa shape index (κ2) is 38.2. The molecule has 528 valence electrons. The smallest absolute Gasteiger partial charge is 0.256 e. The predicted octanol–water partition coefficient (Wildman–Crippen LogP) is 5.19. The van der Waals surface area contributed by atoms with Gasteiger partial charge < -0.3 is 60.0 Å². The summed E-state index contributed by atoms with van der Waals surface area (Å²) in [5.74, 6) is -11.0. The number of hydrogen-bond donors (Lipinski definition) is 4. The number of ketones is 2. The van der Waals surface area contributed by atoms with E-state index in [1.165, 1.54) is 94.6 Å². The van der Waals surface area contributed by atoms with E-state index in [9.17, 15) is 34.2 Å². The SMILES string of the molecule is C/C=C/C[C@@H](C)[C@@H](O)[C@H]1C(=O)C[C@@H](CC)C(=O)N(C)[C@H](SCCN(C)C)C(=O)N(C)[C@@H](CC(C)(C)O)C(=O)N[C@@H](C(C)C)C(=O)N(C)[C@@H](CC(C)C)C(=O)N[C@@H](C)C(=O)C[C@H](C)C(=O)N(C)[C@@H](CC(C)C)C(=O)N(C)[C@@H](CC(C)C)C(=O)N(C)[C@@H](C(C)C)C(=O)N1C. The maximum Gasteiger partial charge on any atom is 0.256 e. The molecule has 0 aliphatic carbocycles. The maximum atomic E-state index is 15.4. The van der Waals surface area contributed by atoms with Crippen LogP contribution in [-0.2, 0) is 52.7 Å². The molecule has 0 spiro atoms. The number of carbonyl (C=O) groups excluding carboxylic acids is 11. The molecule has 23 nitrogen and oxygen atoms in total. The van der Waals surface area contributed by atoms with Gasteiger partial charge >= 0.3 is 0 Å². The van der Waals surface area contributed by atoms with Crippen molar-refractivity contribution in [3.63, 3.8) is 0 Å². The van der Waals surface area contributed by atoms with Crippen LogP contribution >= 0.6 is 11.8 Å². The van der Waals surface area contributed by atoms with Gasteiger partial charge in [0, 0.05) is 92.7 Å². The molecule has 9 amide bonds. The lowest BCUT2D eigenvalue weighted by Gasteiger charge is -2.41. The third kappa shape index (κ3) is 24.4. The third-order valence-corrected chi connectivity index (χ3v) is 18.9. The summed E-state index contributed by atoms with van der Waals surface area (Å²) in [6, 6.07) is -10.1. The number of likely N-dealkylation sites (N-methyl/N-ethyl adjacent to an activating group) is 7. The van der Waals surface area contributed by atoms with Gasteiger partial charge in [0.05, 0.1) is 17.7 Å². The number of thioether (sulfide) groups is 1. The first kappa shape index (κ1) is 84.6. The highest BCUT2D eigenvalue weighted by Crippen LogP contribution is 2.30. The number of allylic oxidation sites excluding steroid dienone is 2. The quantitative estimate of drug-likeness (QED) is 0.121. The lowest BCUT2D eigenvalue weighted by molar-refractivity contribution is -0.157. The summed E-state index contributed by atoms with van der Waals surface area (Å²) in [5.41, 5.74) is -1.57. The lowest BCUT2D eigenvalue weighted by Crippen LogP contribution is -2.61. The molecular weight excluding hydrogens is 1200 g/mol. The minimum atomic E-state index is -1.57. The van der Waals surface area contributed by atoms with Crippen molar-refractivity contribution in [2.75, 3.05) is 75.7 Å². The molecule has 1 fully saturated rings. The van der Waals surface area contributed by atoms with Crippen LogP contribution in [0.15, 0.2) is 12.2 Å². The normalized spacial score (nSPS) is 27.0. The third-order valence-electron chi connectivity index (χ3n) is 17.6. The topological polar surface area (TPSA) is 278 Å². The zero-order valence-corrected chi connectivity index (χ0v) is 61.8. The number of nitrogens with zero attached hydrogens (tertiary/aromatic N) is 8. The highest BCUT2D eigenvalue weighted by Gasteiger charge is 2.47. The maximum absolute atomic E-state index is 15.4. The van der Waals surface area contributed by atoms with E-state index in [1.54, 1.807) is 54.5 Å². The summed E-state index contributed by atoms with van der Waals surface area (Å²) in [4.78, 5) is 175. The minimum Gasteiger partial charge on any atom is -0.390 e. The van der Waals surface area contributed by atoms with Gasteiger partial charge in [-0.25, -0.2) is 0 Å². The van der Waals surface area contributed by atoms with Crippen molar-refractivity contribution in [2.24, 2.45) is 47.3 Å². The van der Waals surface area contributed by atoms with Crippen LogP contribution in [0.5, 0.6) is 0 Å². The predicted molar refractivity (Wildman–Crippen MR) is 362 cm³/mol. The second-order valence-electron chi connectivity index (χ2n) is 28.9. The number of rotatable bonds is 19. The molecule has 24 heteroatoms. The van der Waals surface area contributed by atoms with Crippen molar-refractivity contribution in [3.05, 3.63) is 12.2 Å². The van der Waals surface area contributed by atoms with Gasteiger partial charge in [0.2, 0.25) is 47.3 Å². The second-order valence-corrected chi connectivity index (χ2v) is 30.0. The van der Waals surface area contributed by atoms with E-state index >= 15 is 28.8 Å². The van der Waals surface area contributed by atoms with Crippen LogP contribution in [0.3, 0.4) is 0 Å². The largest absolute Gasteiger partial charge is 0.390 e. The fraction of sp³-hybridized carbons (Fsp3) is 0.809. The minimum absolute atomic E-state index is 0.0819. The Labute approximate surface area is 556 Å². The van der Waals surface area contributed by atoms with Crippen molar-refractivity contribution in [1.29, 1.82) is 0 Å². The molecule has 0 aromatic rings. The highest BCUT2D eigenvalue weighted by molar-refractivity contribution is 8.00. The Hall–Kier alpha value is -5.46. The van der Waals surface area contributed by atoms with Gasteiger partial charge in [-0.15, -0.1) is 11.8 Å². The van der Waals surface area contributed by atoms with Crippen LogP contribution in [0.1, 0.15) is 169 Å². The first-order chi connectivity index (χ1) is 42.3. The van der Waals surface area contributed by atoms with E-state index in [4.69, 9.17) is 0 Å². The molecule has 1 saturated heterocycles. The molecule has 0 saturated carbocycles. The van der Waals surface area contributed by atoms with Gasteiger partial charge in [0.1, 0.15) is 42.3 Å². The first-order valence-electron chi connectivity index (χ1n) is 33.1. The molecule has 0 unspecified atom stereocenters. The van der Waals surface area contributed by atoms with Crippen LogP contribution in [0, 0.1) is 47.3 Å². The van der Waals surface area contributed by atoms with E-state index < -0.39 is 166 Å². The van der Waals surface area contributed by atoms with Crippen LogP contribution < -0.4 is 10.6 Å². The number of Topliss-reactive ketones (excluding diaryl/α,β-unsaturated/α-hetero) is 2. The summed E-state index contributed by atoms with van der Waals surface area (Å²) >= 11 is 1.12. The molecule has 0 bridgehead atoms. The number of amides is 9. The number of carbonyl (C=O) groups is 11. The van der Waals surface area contributed by atoms with Gasteiger partial charge in [0.25, 0.3) is 5.91 Å². The summed E-state index contributed by atoms with van der Waals surface area (Å²) in [5, 5.41) is 28.0. The van der Waals surface area contributed by atoms with Crippen LogP contribution in [0.2, 0.25) is 0 Å². The van der Waals surface area contributed by atoms with E-state index in [1.807, 2.05) is 73.5 Å². The zero-order valence-electron chi connectivity index (χ0n) is 61.0. The molecule has 92 heavy (non-hydrogen) atoms. The Morgan fingerprint density at radius 2 is 1.02 bits per heavy atom. The summed E-state index contributed by atoms with van der Waals surface area (Å²) in [7, 11) is 13.7. The zero-order chi connectivity index (χ0) is 71.5. The van der Waals surface area contributed by atoms with E-state index in [-0.39, 0.29) is 56.3 Å². The highest BCUT2D eigenvalue weighted by atomic mass is 32.2. The lowest BCUT2D eigenvalue weighted by atomic mass is 9.86. The molecule has 1 heterocycles. The van der Waals surface area contributed by atoms with E-state index in [0.717, 1.165) is 21.6 Å². The molecule has 1 rings (SSSR count). The van der Waals surface area contributed by atoms with Crippen molar-refractivity contribution in [2.45, 2.75) is 234 Å². The Kier molecular flexibility index (Phi) is 35.1. The summed E-state index contributed by atoms with van der Waals surface area (Å²) in [6.45, 7) is 29.8. The number of aliphatic hydroxyl groups excluding tert-OH is 1. The standard InChI is InChI=1S/C68H122N10O13S/c1-27-29-30-44(13)57(81)56-53(80)37-47(28-2)61(85)78(26)67(92-32-31-71(18)19)66(90)75(23)51(38-68(16,17)91)59(83)70-54(42(9)10)64(88)72(20)48(33-39(3)4)58(82)69-46(15)52(79)36-45(14)60(84)73(21)49(34-40(5)6)62(86)74(22)50(35-41(7)8)63(87)76(24)55(43(11)12)65(89)77(56)25/h27,29,39-51,54-57,67,81,91H,28,30-38H2,1-26H3,(H,69,82)(H,70,83)/b29-27+/t44-,45+,46+,47-,48+,49+,50+,51+,54+,55+,56-,57-,67-/m1/s1. The molecule has 1 aliphatic rings.